The van der Waals surface area contributed by atoms with Crippen molar-refractivity contribution in [2.75, 3.05) is 5.32 Å². The molecule has 70 valence electrons. The van der Waals surface area contributed by atoms with Gasteiger partial charge in [-0.3, -0.25) is 4.79 Å². The number of carbonyl (C=O) groups is 1. The van der Waals surface area contributed by atoms with Gasteiger partial charge >= 0.3 is 0 Å². The molecule has 0 bridgehead atoms. The summed E-state index contributed by atoms with van der Waals surface area (Å²) in [6.45, 7) is 3.44. The summed E-state index contributed by atoms with van der Waals surface area (Å²) in [7, 11) is 0. The fourth-order valence-electron chi connectivity index (χ4n) is 0.827. The van der Waals surface area contributed by atoms with Crippen LogP contribution in [-0.2, 0) is 4.79 Å². The van der Waals surface area contributed by atoms with Crippen LogP contribution in [0.5, 0.6) is 0 Å². The maximum atomic E-state index is 11.1. The van der Waals surface area contributed by atoms with Crippen molar-refractivity contribution in [2.24, 2.45) is 0 Å². The van der Waals surface area contributed by atoms with Gasteiger partial charge in [-0.15, -0.1) is 0 Å². The van der Waals surface area contributed by atoms with Crippen LogP contribution in [0.15, 0.2) is 35.3 Å². The lowest BCUT2D eigenvalue weighted by Crippen LogP contribution is -2.10. The Kier molecular flexibility index (Phi) is 3.43. The first kappa shape index (κ1) is 10.5. The monoisotopic (exact) mass is 250 g/mol. The molecule has 1 rings (SSSR count). The second kappa shape index (κ2) is 4.58. The molecule has 3 nitrogen and oxygen atoms in total. The van der Waals surface area contributed by atoms with E-state index >= 15 is 0 Å². The predicted molar refractivity (Wildman–Crippen MR) is 57.9 cm³/mol. The second-order valence-electron chi connectivity index (χ2n) is 2.55. The van der Waals surface area contributed by atoms with Crippen LogP contribution in [0.4, 0.5) is 5.69 Å². The van der Waals surface area contributed by atoms with Crippen molar-refractivity contribution >= 4 is 27.5 Å². The van der Waals surface area contributed by atoms with Gasteiger partial charge in [0.25, 0.3) is 5.91 Å². The highest BCUT2D eigenvalue weighted by Crippen LogP contribution is 2.11. The number of hydrogen-bond acceptors (Lipinski definition) is 2. The van der Waals surface area contributed by atoms with Crippen LogP contribution in [0.25, 0.3) is 0 Å². The zero-order valence-electron chi connectivity index (χ0n) is 7.25. The molecule has 0 saturated carbocycles. The van der Waals surface area contributed by atoms with E-state index in [4.69, 9.17) is 5.26 Å². The van der Waals surface area contributed by atoms with Crippen LogP contribution in [0.2, 0.25) is 0 Å². The van der Waals surface area contributed by atoms with Crippen LogP contribution < -0.4 is 5.32 Å². The van der Waals surface area contributed by atoms with Crippen LogP contribution in [-0.4, -0.2) is 5.91 Å². The van der Waals surface area contributed by atoms with Crippen molar-refractivity contribution in [1.82, 2.24) is 0 Å². The van der Waals surface area contributed by atoms with Gasteiger partial charge in [-0.25, -0.2) is 0 Å². The first-order valence-corrected chi connectivity index (χ1v) is 4.58. The Morgan fingerprint density at radius 1 is 1.43 bits per heavy atom. The molecule has 0 aliphatic rings. The molecule has 0 aliphatic heterocycles. The van der Waals surface area contributed by atoms with Gasteiger partial charge in [-0.2, -0.15) is 5.26 Å². The van der Waals surface area contributed by atoms with Crippen molar-refractivity contribution in [2.45, 2.75) is 0 Å². The van der Waals surface area contributed by atoms with Gasteiger partial charge in [0.1, 0.15) is 0 Å². The summed E-state index contributed by atoms with van der Waals surface area (Å²) in [6.07, 6.45) is 0. The van der Waals surface area contributed by atoms with Crippen LogP contribution in [0.1, 0.15) is 5.56 Å². The maximum absolute atomic E-state index is 11.1. The van der Waals surface area contributed by atoms with Crippen molar-refractivity contribution in [1.29, 1.82) is 5.26 Å². The molecule has 1 amide bonds. The number of carbonyl (C=O) groups excluding carboxylic acids is 1. The molecule has 0 radical (unpaired) electrons. The highest BCUT2D eigenvalue weighted by molar-refractivity contribution is 9.12. The van der Waals surface area contributed by atoms with Gasteiger partial charge in [-0.05, 0) is 40.2 Å². The van der Waals surface area contributed by atoms with E-state index in [1.54, 1.807) is 24.3 Å². The summed E-state index contributed by atoms with van der Waals surface area (Å²) in [5.41, 5.74) is 1.19. The summed E-state index contributed by atoms with van der Waals surface area (Å²) >= 11 is 2.97. The highest BCUT2D eigenvalue weighted by atomic mass is 79.9. The zero-order chi connectivity index (χ0) is 10.6. The van der Waals surface area contributed by atoms with Crippen LogP contribution in [0.3, 0.4) is 0 Å². The summed E-state index contributed by atoms with van der Waals surface area (Å²) < 4.78 is 0.266. The Morgan fingerprint density at radius 2 is 2.00 bits per heavy atom. The van der Waals surface area contributed by atoms with Crippen LogP contribution >= 0.6 is 15.9 Å². The Balaban J connectivity index is 2.75. The standard InChI is InChI=1S/C10H7BrN2O/c1-7(11)10(14)13-9-4-2-8(6-12)3-5-9/h2-5H,1H2,(H,13,14). The van der Waals surface area contributed by atoms with E-state index in [1.807, 2.05) is 6.07 Å². The fourth-order valence-corrected chi connectivity index (χ4v) is 0.926. The Bertz CT molecular complexity index is 403. The van der Waals surface area contributed by atoms with Gasteiger partial charge in [0.2, 0.25) is 0 Å². The van der Waals surface area contributed by atoms with E-state index in [-0.39, 0.29) is 10.4 Å². The summed E-state index contributed by atoms with van der Waals surface area (Å²) in [5, 5.41) is 11.1. The van der Waals surface area contributed by atoms with Gasteiger partial charge in [0.05, 0.1) is 16.1 Å². The van der Waals surface area contributed by atoms with E-state index in [1.165, 1.54) is 0 Å². The molecular weight excluding hydrogens is 244 g/mol. The molecule has 0 aromatic heterocycles. The Morgan fingerprint density at radius 3 is 2.43 bits per heavy atom. The molecule has 0 unspecified atom stereocenters. The number of nitriles is 1. The average Bonchev–Trinajstić information content (AvgIpc) is 2.19. The quantitative estimate of drug-likeness (QED) is 0.820. The minimum absolute atomic E-state index is 0.266. The Labute approximate surface area is 90.2 Å². The minimum atomic E-state index is -0.297. The number of nitrogens with one attached hydrogen (secondary N) is 1. The molecule has 0 heterocycles. The lowest BCUT2D eigenvalue weighted by Gasteiger charge is -2.02. The van der Waals surface area contributed by atoms with Crippen LogP contribution in [0, 0.1) is 11.3 Å². The lowest BCUT2D eigenvalue weighted by atomic mass is 10.2. The first-order valence-electron chi connectivity index (χ1n) is 3.79. The van der Waals surface area contributed by atoms with Gasteiger partial charge in [0, 0.05) is 5.69 Å². The first-order chi connectivity index (χ1) is 6.63. The molecule has 1 N–H and O–H groups in total. The summed E-state index contributed by atoms with van der Waals surface area (Å²) in [5.74, 6) is -0.297. The number of amides is 1. The molecule has 0 aliphatic carbocycles. The van der Waals surface area contributed by atoms with E-state index in [2.05, 4.69) is 27.8 Å². The summed E-state index contributed by atoms with van der Waals surface area (Å²) in [4.78, 5) is 11.1. The van der Waals surface area contributed by atoms with Crippen molar-refractivity contribution < 1.29 is 4.79 Å². The number of halogens is 1. The zero-order valence-corrected chi connectivity index (χ0v) is 8.84. The van der Waals surface area contributed by atoms with Crippen molar-refractivity contribution in [3.05, 3.63) is 40.9 Å². The number of rotatable bonds is 2. The normalized spacial score (nSPS) is 8.86. The predicted octanol–water partition coefficient (Wildman–Crippen LogP) is 2.41. The number of anilines is 1. The maximum Gasteiger partial charge on any atom is 0.262 e. The van der Waals surface area contributed by atoms with E-state index in [9.17, 15) is 4.79 Å². The Hall–Kier alpha value is -1.60. The van der Waals surface area contributed by atoms with E-state index in [0.29, 0.717) is 11.3 Å². The molecule has 0 fully saturated rings. The number of benzene rings is 1. The van der Waals surface area contributed by atoms with Gasteiger partial charge < -0.3 is 5.32 Å². The topological polar surface area (TPSA) is 52.9 Å². The molecule has 0 saturated heterocycles. The molecule has 4 heteroatoms. The molecule has 0 atom stereocenters. The molecular formula is C10H7BrN2O. The molecule has 1 aromatic carbocycles. The largest absolute Gasteiger partial charge is 0.322 e. The second-order valence-corrected chi connectivity index (χ2v) is 3.51. The fraction of sp³-hybridized carbons (Fsp3) is 0. The third-order valence-corrected chi connectivity index (χ3v) is 1.88. The molecule has 1 aromatic rings. The highest BCUT2D eigenvalue weighted by Gasteiger charge is 2.02. The van der Waals surface area contributed by atoms with Gasteiger partial charge in [0.15, 0.2) is 0 Å². The number of nitrogens with zero attached hydrogens (tertiary/aromatic N) is 1. The molecule has 14 heavy (non-hydrogen) atoms. The van der Waals surface area contributed by atoms with Gasteiger partial charge in [-0.1, -0.05) is 6.58 Å². The van der Waals surface area contributed by atoms with Crippen molar-refractivity contribution in [3.8, 4) is 6.07 Å². The minimum Gasteiger partial charge on any atom is -0.322 e. The molecule has 0 spiro atoms. The lowest BCUT2D eigenvalue weighted by molar-refractivity contribution is -0.112. The summed E-state index contributed by atoms with van der Waals surface area (Å²) in [6, 6.07) is 8.57. The smallest absolute Gasteiger partial charge is 0.262 e. The SMILES string of the molecule is C=C(Br)C(=O)Nc1ccc(C#N)cc1. The third kappa shape index (κ3) is 2.71. The van der Waals surface area contributed by atoms with E-state index in [0.717, 1.165) is 0 Å². The number of hydrogen-bond donors (Lipinski definition) is 1. The third-order valence-electron chi connectivity index (χ3n) is 1.52. The average molecular weight is 251 g/mol. The van der Waals surface area contributed by atoms with Crippen molar-refractivity contribution in [3.63, 3.8) is 0 Å². The van der Waals surface area contributed by atoms with E-state index < -0.39 is 0 Å².